The summed E-state index contributed by atoms with van der Waals surface area (Å²) in [7, 11) is 1.64. The van der Waals surface area contributed by atoms with Gasteiger partial charge in [0.1, 0.15) is 5.60 Å². The minimum atomic E-state index is -0.503. The Kier molecular flexibility index (Phi) is 3.23. The number of rotatable bonds is 5. The zero-order chi connectivity index (χ0) is 12.5. The summed E-state index contributed by atoms with van der Waals surface area (Å²) in [4.78, 5) is 4.41. The first-order chi connectivity index (χ1) is 8.01. The van der Waals surface area contributed by atoms with Crippen molar-refractivity contribution in [2.75, 3.05) is 13.7 Å². The van der Waals surface area contributed by atoms with Gasteiger partial charge in [-0.05, 0) is 38.6 Å². The fourth-order valence-corrected chi connectivity index (χ4v) is 2.11. The van der Waals surface area contributed by atoms with Crippen LogP contribution in [0.5, 0.6) is 0 Å². The molecule has 1 saturated carbocycles. The summed E-state index contributed by atoms with van der Waals surface area (Å²) < 4.78 is 10.6. The molecule has 5 nitrogen and oxygen atoms in total. The van der Waals surface area contributed by atoms with Crippen molar-refractivity contribution in [2.24, 2.45) is 11.1 Å². The number of methoxy groups -OCH3 is 1. The lowest BCUT2D eigenvalue weighted by molar-refractivity contribution is 0.00973. The van der Waals surface area contributed by atoms with Crippen LogP contribution in [0.2, 0.25) is 0 Å². The average molecular weight is 239 g/mol. The third-order valence-electron chi connectivity index (χ3n) is 3.89. The Hall–Kier alpha value is -0.940. The van der Waals surface area contributed by atoms with Gasteiger partial charge >= 0.3 is 0 Å². The highest BCUT2D eigenvalue weighted by Gasteiger charge is 2.38. The van der Waals surface area contributed by atoms with Crippen LogP contribution in [-0.2, 0) is 16.8 Å². The molecule has 0 radical (unpaired) electrons. The van der Waals surface area contributed by atoms with E-state index in [9.17, 15) is 0 Å². The maximum absolute atomic E-state index is 5.82. The van der Waals surface area contributed by atoms with Crippen molar-refractivity contribution in [2.45, 2.75) is 45.1 Å². The van der Waals surface area contributed by atoms with Gasteiger partial charge in [0, 0.05) is 13.5 Å². The van der Waals surface area contributed by atoms with Gasteiger partial charge in [0.05, 0.1) is 0 Å². The first-order valence-corrected chi connectivity index (χ1v) is 6.10. The van der Waals surface area contributed by atoms with Crippen LogP contribution in [0.1, 0.15) is 44.8 Å². The summed E-state index contributed by atoms with van der Waals surface area (Å²) in [6.45, 7) is 4.53. The molecule has 0 atom stereocenters. The molecule has 1 fully saturated rings. The van der Waals surface area contributed by atoms with E-state index < -0.39 is 5.60 Å². The number of aromatic nitrogens is 2. The van der Waals surface area contributed by atoms with E-state index in [1.807, 2.05) is 13.8 Å². The predicted octanol–water partition coefficient (Wildman–Crippen LogP) is 1.62. The summed E-state index contributed by atoms with van der Waals surface area (Å²) in [5.41, 5.74) is 5.51. The molecule has 1 aliphatic carbocycles. The number of ether oxygens (including phenoxy) is 1. The topological polar surface area (TPSA) is 74.2 Å². The number of hydrogen-bond acceptors (Lipinski definition) is 5. The van der Waals surface area contributed by atoms with Crippen LogP contribution < -0.4 is 5.73 Å². The second-order valence-electron chi connectivity index (χ2n) is 5.46. The van der Waals surface area contributed by atoms with E-state index in [1.165, 1.54) is 6.42 Å². The van der Waals surface area contributed by atoms with Crippen molar-refractivity contribution >= 4 is 0 Å². The monoisotopic (exact) mass is 239 g/mol. The second kappa shape index (κ2) is 4.38. The van der Waals surface area contributed by atoms with E-state index in [2.05, 4.69) is 10.1 Å². The summed E-state index contributed by atoms with van der Waals surface area (Å²) in [5, 5.41) is 3.98. The molecule has 96 valence electrons. The predicted molar refractivity (Wildman–Crippen MR) is 63.4 cm³/mol. The Bertz CT molecular complexity index is 377. The van der Waals surface area contributed by atoms with Crippen molar-refractivity contribution in [3.8, 4) is 0 Å². The van der Waals surface area contributed by atoms with Crippen molar-refractivity contribution in [3.63, 3.8) is 0 Å². The molecule has 5 heteroatoms. The molecule has 0 unspecified atom stereocenters. The molecule has 1 aromatic rings. The normalized spacial score (nSPS) is 19.1. The van der Waals surface area contributed by atoms with E-state index in [0.717, 1.165) is 19.3 Å². The molecule has 0 spiro atoms. The van der Waals surface area contributed by atoms with Gasteiger partial charge in [-0.15, -0.1) is 0 Å². The van der Waals surface area contributed by atoms with Gasteiger partial charge in [-0.3, -0.25) is 0 Å². The highest BCUT2D eigenvalue weighted by atomic mass is 16.5. The largest absolute Gasteiger partial charge is 0.371 e. The maximum Gasteiger partial charge on any atom is 0.227 e. The summed E-state index contributed by atoms with van der Waals surface area (Å²) in [6, 6.07) is 0. The van der Waals surface area contributed by atoms with Crippen LogP contribution in [0.3, 0.4) is 0 Å². The molecule has 2 N–H and O–H groups in total. The molecule has 0 bridgehead atoms. The van der Waals surface area contributed by atoms with Gasteiger partial charge in [-0.1, -0.05) is 11.6 Å². The van der Waals surface area contributed by atoms with Crippen LogP contribution in [0.15, 0.2) is 4.52 Å². The number of nitrogens with zero attached hydrogens (tertiary/aromatic N) is 2. The molecule has 0 amide bonds. The van der Waals surface area contributed by atoms with Gasteiger partial charge in [0.2, 0.25) is 11.7 Å². The van der Waals surface area contributed by atoms with Crippen LogP contribution >= 0.6 is 0 Å². The van der Waals surface area contributed by atoms with E-state index in [1.54, 1.807) is 7.11 Å². The second-order valence-corrected chi connectivity index (χ2v) is 5.46. The molecule has 1 aromatic heterocycles. The molecule has 0 aliphatic heterocycles. The third-order valence-corrected chi connectivity index (χ3v) is 3.89. The van der Waals surface area contributed by atoms with Crippen LogP contribution in [0, 0.1) is 5.41 Å². The van der Waals surface area contributed by atoms with Gasteiger partial charge < -0.3 is 15.0 Å². The Morgan fingerprint density at radius 3 is 2.65 bits per heavy atom. The van der Waals surface area contributed by atoms with Crippen molar-refractivity contribution in [1.82, 2.24) is 10.1 Å². The molecular weight excluding hydrogens is 218 g/mol. The standard InChI is InChI=1S/C12H21N3O2/c1-11(2,16-3)10-14-9(17-15-10)7-12(8-13)5-4-6-12/h4-8,13H2,1-3H3. The van der Waals surface area contributed by atoms with E-state index in [-0.39, 0.29) is 5.41 Å². The van der Waals surface area contributed by atoms with Crippen molar-refractivity contribution < 1.29 is 9.26 Å². The maximum atomic E-state index is 5.82. The molecule has 1 heterocycles. The number of hydrogen-bond donors (Lipinski definition) is 1. The fraction of sp³-hybridized carbons (Fsp3) is 0.833. The van der Waals surface area contributed by atoms with E-state index in [4.69, 9.17) is 15.0 Å². The summed E-state index contributed by atoms with van der Waals surface area (Å²) in [6.07, 6.45) is 4.36. The lowest BCUT2D eigenvalue weighted by atomic mass is 9.67. The van der Waals surface area contributed by atoms with Crippen LogP contribution in [-0.4, -0.2) is 23.8 Å². The summed E-state index contributed by atoms with van der Waals surface area (Å²) in [5.74, 6) is 1.27. The van der Waals surface area contributed by atoms with Crippen molar-refractivity contribution in [3.05, 3.63) is 11.7 Å². The molecule has 0 aromatic carbocycles. The SMILES string of the molecule is COC(C)(C)c1noc(CC2(CN)CCC2)n1. The Balaban J connectivity index is 2.08. The van der Waals surface area contributed by atoms with E-state index in [0.29, 0.717) is 18.3 Å². The minimum absolute atomic E-state index is 0.195. The first kappa shape index (κ1) is 12.5. The minimum Gasteiger partial charge on any atom is -0.371 e. The fourth-order valence-electron chi connectivity index (χ4n) is 2.11. The first-order valence-electron chi connectivity index (χ1n) is 6.10. The Labute approximate surface area is 102 Å². The van der Waals surface area contributed by atoms with E-state index >= 15 is 0 Å². The zero-order valence-corrected chi connectivity index (χ0v) is 10.8. The zero-order valence-electron chi connectivity index (χ0n) is 10.8. The van der Waals surface area contributed by atoms with Gasteiger partial charge in [0.25, 0.3) is 0 Å². The van der Waals surface area contributed by atoms with Crippen LogP contribution in [0.4, 0.5) is 0 Å². The Morgan fingerprint density at radius 2 is 2.18 bits per heavy atom. The molecule has 17 heavy (non-hydrogen) atoms. The third kappa shape index (κ3) is 2.35. The number of nitrogens with two attached hydrogens (primary N) is 1. The highest BCUT2D eigenvalue weighted by molar-refractivity contribution is 5.01. The Morgan fingerprint density at radius 1 is 1.47 bits per heavy atom. The smallest absolute Gasteiger partial charge is 0.227 e. The highest BCUT2D eigenvalue weighted by Crippen LogP contribution is 2.42. The molecule has 2 rings (SSSR count). The van der Waals surface area contributed by atoms with Gasteiger partial charge in [-0.25, -0.2) is 0 Å². The van der Waals surface area contributed by atoms with Crippen molar-refractivity contribution in [1.29, 1.82) is 0 Å². The van der Waals surface area contributed by atoms with Gasteiger partial charge in [0.15, 0.2) is 0 Å². The molecule has 0 saturated heterocycles. The lowest BCUT2D eigenvalue weighted by Crippen LogP contribution is -2.39. The quantitative estimate of drug-likeness (QED) is 0.845. The lowest BCUT2D eigenvalue weighted by Gasteiger charge is -2.39. The average Bonchev–Trinajstić information content (AvgIpc) is 2.72. The molecular formula is C12H21N3O2. The summed E-state index contributed by atoms with van der Waals surface area (Å²) >= 11 is 0. The van der Waals surface area contributed by atoms with Gasteiger partial charge in [-0.2, -0.15) is 4.98 Å². The molecule has 1 aliphatic rings. The van der Waals surface area contributed by atoms with Crippen LogP contribution in [0.25, 0.3) is 0 Å².